The topological polar surface area (TPSA) is 121 Å². The molecule has 8 heteroatoms. The van der Waals surface area contributed by atoms with Crippen molar-refractivity contribution in [1.82, 2.24) is 4.98 Å². The van der Waals surface area contributed by atoms with Gasteiger partial charge in [-0.1, -0.05) is 0 Å². The Kier molecular flexibility index (Phi) is 3.65. The molecule has 1 saturated heterocycles. The van der Waals surface area contributed by atoms with Crippen LogP contribution in [0.15, 0.2) is 24.4 Å². The van der Waals surface area contributed by atoms with Crippen molar-refractivity contribution < 1.29 is 14.3 Å². The summed E-state index contributed by atoms with van der Waals surface area (Å²) in [6, 6.07) is 7.25. The second-order valence-electron chi connectivity index (χ2n) is 6.69. The summed E-state index contributed by atoms with van der Waals surface area (Å²) in [4.78, 5) is 29.8. The van der Waals surface area contributed by atoms with Crippen LogP contribution in [0, 0.1) is 23.2 Å². The number of pyridine rings is 1. The van der Waals surface area contributed by atoms with Crippen molar-refractivity contribution in [2.45, 2.75) is 19.4 Å². The summed E-state index contributed by atoms with van der Waals surface area (Å²) < 4.78 is 5.06. The van der Waals surface area contributed by atoms with E-state index in [0.29, 0.717) is 30.2 Å². The minimum atomic E-state index is -0.407. The van der Waals surface area contributed by atoms with Crippen LogP contribution in [-0.2, 0) is 9.53 Å². The molecule has 1 aromatic carbocycles. The summed E-state index contributed by atoms with van der Waals surface area (Å²) in [5.74, 6) is -0.293. The number of hydrogen-bond acceptors (Lipinski definition) is 6. The number of cyclic esters (lactones) is 1. The van der Waals surface area contributed by atoms with Gasteiger partial charge in [0, 0.05) is 17.3 Å². The highest BCUT2D eigenvalue weighted by molar-refractivity contribution is 6.02. The molecule has 1 aliphatic carbocycles. The Morgan fingerprint density at radius 3 is 2.92 bits per heavy atom. The fourth-order valence-corrected chi connectivity index (χ4v) is 3.20. The maximum Gasteiger partial charge on any atom is 0.414 e. The summed E-state index contributed by atoms with van der Waals surface area (Å²) in [5, 5.41) is 13.1. The number of benzene rings is 1. The number of carbonyl (C=O) groups excluding carboxylic acids is 2. The number of carbonyl (C=O) groups is 2. The van der Waals surface area contributed by atoms with Crippen LogP contribution in [0.5, 0.6) is 0 Å². The Balaban J connectivity index is 1.65. The van der Waals surface area contributed by atoms with Gasteiger partial charge in [0.25, 0.3) is 0 Å². The van der Waals surface area contributed by atoms with Crippen LogP contribution in [0.3, 0.4) is 0 Å². The second kappa shape index (κ2) is 5.88. The van der Waals surface area contributed by atoms with E-state index in [9.17, 15) is 9.59 Å². The number of anilines is 3. The summed E-state index contributed by atoms with van der Waals surface area (Å²) in [5.41, 5.74) is 7.25. The monoisotopic (exact) mass is 351 g/mol. The fourth-order valence-electron chi connectivity index (χ4n) is 3.20. The van der Waals surface area contributed by atoms with E-state index in [1.54, 1.807) is 23.2 Å². The lowest BCUT2D eigenvalue weighted by Crippen LogP contribution is -2.30. The zero-order chi connectivity index (χ0) is 18.4. The van der Waals surface area contributed by atoms with E-state index in [4.69, 9.17) is 15.7 Å². The minimum absolute atomic E-state index is 0.0851. The van der Waals surface area contributed by atoms with Crippen LogP contribution in [0.2, 0.25) is 0 Å². The van der Waals surface area contributed by atoms with Gasteiger partial charge in [-0.2, -0.15) is 5.26 Å². The number of nitrogens with zero attached hydrogens (tertiary/aromatic N) is 3. The molecule has 1 saturated carbocycles. The van der Waals surface area contributed by atoms with Crippen molar-refractivity contribution >= 4 is 40.0 Å². The third kappa shape index (κ3) is 2.67. The number of aromatic nitrogens is 1. The van der Waals surface area contributed by atoms with Gasteiger partial charge < -0.3 is 15.8 Å². The van der Waals surface area contributed by atoms with Crippen LogP contribution in [-0.4, -0.2) is 29.6 Å². The first-order valence-corrected chi connectivity index (χ1v) is 8.33. The van der Waals surface area contributed by atoms with Crippen LogP contribution >= 0.6 is 0 Å². The van der Waals surface area contributed by atoms with E-state index in [0.717, 1.165) is 10.8 Å². The van der Waals surface area contributed by atoms with Crippen molar-refractivity contribution in [3.8, 4) is 6.07 Å². The van der Waals surface area contributed by atoms with E-state index in [-0.39, 0.29) is 23.8 Å². The lowest BCUT2D eigenvalue weighted by atomic mass is 10.1. The van der Waals surface area contributed by atoms with Crippen molar-refractivity contribution in [3.05, 3.63) is 24.4 Å². The molecule has 2 fully saturated rings. The van der Waals surface area contributed by atoms with Crippen LogP contribution in [0.25, 0.3) is 10.8 Å². The third-order valence-electron chi connectivity index (χ3n) is 4.76. The zero-order valence-corrected chi connectivity index (χ0v) is 14.1. The van der Waals surface area contributed by atoms with E-state index >= 15 is 0 Å². The molecule has 3 N–H and O–H groups in total. The normalized spacial score (nSPS) is 24.2. The molecule has 1 aliphatic heterocycles. The number of fused-ring (bicyclic) bond motifs is 1. The van der Waals surface area contributed by atoms with Gasteiger partial charge in [-0.3, -0.25) is 9.69 Å². The lowest BCUT2D eigenvalue weighted by molar-refractivity contribution is -0.117. The van der Waals surface area contributed by atoms with Crippen LogP contribution < -0.4 is 16.0 Å². The minimum Gasteiger partial charge on any atom is -0.447 e. The van der Waals surface area contributed by atoms with Gasteiger partial charge in [0.1, 0.15) is 12.4 Å². The maximum atomic E-state index is 12.1. The van der Waals surface area contributed by atoms with Gasteiger partial charge in [0.15, 0.2) is 0 Å². The predicted molar refractivity (Wildman–Crippen MR) is 95.3 cm³/mol. The Morgan fingerprint density at radius 2 is 2.27 bits per heavy atom. The molecule has 132 valence electrons. The third-order valence-corrected chi connectivity index (χ3v) is 4.76. The van der Waals surface area contributed by atoms with E-state index < -0.39 is 6.09 Å². The summed E-state index contributed by atoms with van der Waals surface area (Å²) in [6.07, 6.45) is 1.77. The second-order valence-corrected chi connectivity index (χ2v) is 6.69. The first-order valence-electron chi connectivity index (χ1n) is 8.33. The molecule has 0 spiro atoms. The molecular weight excluding hydrogens is 334 g/mol. The molecule has 3 unspecified atom stereocenters. The quantitative estimate of drug-likeness (QED) is 0.818. The van der Waals surface area contributed by atoms with Crippen molar-refractivity contribution in [2.24, 2.45) is 11.8 Å². The maximum absolute atomic E-state index is 12.1. The Morgan fingerprint density at radius 1 is 1.46 bits per heavy atom. The average molecular weight is 351 g/mol. The van der Waals surface area contributed by atoms with Gasteiger partial charge in [-0.25, -0.2) is 9.78 Å². The number of nitrogens with two attached hydrogens (primary N) is 1. The summed E-state index contributed by atoms with van der Waals surface area (Å²) in [6.45, 7) is 2.22. The molecule has 4 rings (SSSR count). The molecule has 2 amide bonds. The molecule has 3 atom stereocenters. The van der Waals surface area contributed by atoms with Gasteiger partial charge in [-0.15, -0.1) is 0 Å². The number of hydrogen-bond donors (Lipinski definition) is 2. The fraction of sp³-hybridized carbons (Fsp3) is 0.333. The predicted octanol–water partition coefficient (Wildman–Crippen LogP) is 2.26. The lowest BCUT2D eigenvalue weighted by Gasteiger charge is -2.19. The van der Waals surface area contributed by atoms with Crippen LogP contribution in [0.4, 0.5) is 22.0 Å². The Labute approximate surface area is 149 Å². The largest absolute Gasteiger partial charge is 0.447 e. The molecule has 2 heterocycles. The van der Waals surface area contributed by atoms with E-state index in [1.807, 2.05) is 13.0 Å². The van der Waals surface area contributed by atoms with E-state index in [2.05, 4.69) is 16.4 Å². The standard InChI is InChI=1S/C18H17N5O3/c1-9-8-26-18(25)23(9)12-2-10-4-16(21-7-14(10)15(20)5-12)22-17(24)13-3-11(13)6-19/h2,4-5,7,9,11,13H,3,8,20H2,1H3,(H,21,22,24). The van der Waals surface area contributed by atoms with E-state index in [1.165, 1.54) is 0 Å². The molecular formula is C18H17N5O3. The van der Waals surface area contributed by atoms with Crippen molar-refractivity contribution in [1.29, 1.82) is 5.26 Å². The summed E-state index contributed by atoms with van der Waals surface area (Å²) in [7, 11) is 0. The SMILES string of the molecule is CC1COC(=O)N1c1cc(N)c2cnc(NC(=O)C3CC3C#N)cc2c1. The highest BCUT2D eigenvalue weighted by Gasteiger charge is 2.43. The smallest absolute Gasteiger partial charge is 0.414 e. The number of amides is 2. The number of nitrogen functional groups attached to an aromatic ring is 1. The molecule has 2 aromatic rings. The molecule has 0 radical (unpaired) electrons. The van der Waals surface area contributed by atoms with Gasteiger partial charge in [0.2, 0.25) is 5.91 Å². The number of rotatable bonds is 3. The van der Waals surface area contributed by atoms with Gasteiger partial charge in [-0.05, 0) is 36.9 Å². The van der Waals surface area contributed by atoms with Crippen molar-refractivity contribution in [2.75, 3.05) is 22.6 Å². The number of nitrogens with one attached hydrogen (secondary N) is 1. The van der Waals surface area contributed by atoms with Gasteiger partial charge in [0.05, 0.1) is 29.6 Å². The van der Waals surface area contributed by atoms with Crippen molar-refractivity contribution in [3.63, 3.8) is 0 Å². The molecule has 0 bridgehead atoms. The first-order chi connectivity index (χ1) is 12.5. The Bertz CT molecular complexity index is 967. The zero-order valence-electron chi connectivity index (χ0n) is 14.1. The highest BCUT2D eigenvalue weighted by Crippen LogP contribution is 2.38. The van der Waals surface area contributed by atoms with Crippen LogP contribution in [0.1, 0.15) is 13.3 Å². The molecule has 2 aliphatic rings. The first kappa shape index (κ1) is 16.1. The Hall–Kier alpha value is -3.34. The average Bonchev–Trinajstić information content (AvgIpc) is 3.33. The highest BCUT2D eigenvalue weighted by atomic mass is 16.6. The molecule has 1 aromatic heterocycles. The molecule has 26 heavy (non-hydrogen) atoms. The van der Waals surface area contributed by atoms with Gasteiger partial charge >= 0.3 is 6.09 Å². The molecule has 8 nitrogen and oxygen atoms in total. The summed E-state index contributed by atoms with van der Waals surface area (Å²) >= 11 is 0. The number of ether oxygens (including phenoxy) is 1. The number of nitriles is 1.